The zero-order valence-electron chi connectivity index (χ0n) is 17.5. The molecule has 0 unspecified atom stereocenters. The van der Waals surface area contributed by atoms with Crippen LogP contribution in [0.2, 0.25) is 10.0 Å². The molecule has 0 amide bonds. The Hall–Kier alpha value is -3.16. The quantitative estimate of drug-likeness (QED) is 0.455. The van der Waals surface area contributed by atoms with Gasteiger partial charge in [0.15, 0.2) is 0 Å². The summed E-state index contributed by atoms with van der Waals surface area (Å²) in [5.41, 5.74) is 0.549. The Morgan fingerprint density at radius 3 is 1.70 bits per heavy atom. The van der Waals surface area contributed by atoms with Crippen molar-refractivity contribution in [1.29, 1.82) is 0 Å². The molecule has 33 heavy (non-hydrogen) atoms. The van der Waals surface area contributed by atoms with E-state index in [1.54, 1.807) is 12.1 Å². The van der Waals surface area contributed by atoms with E-state index in [-0.39, 0.29) is 36.0 Å². The van der Waals surface area contributed by atoms with Gasteiger partial charge in [-0.2, -0.15) is 0 Å². The van der Waals surface area contributed by atoms with Crippen LogP contribution in [0.3, 0.4) is 0 Å². The summed E-state index contributed by atoms with van der Waals surface area (Å²) in [6.45, 7) is 7.51. The smallest absolute Gasteiger partial charge is 0.334 e. The van der Waals surface area contributed by atoms with E-state index in [0.29, 0.717) is 22.3 Å². The van der Waals surface area contributed by atoms with E-state index in [2.05, 4.69) is 13.2 Å². The Kier molecular flexibility index (Phi) is 7.56. The van der Waals surface area contributed by atoms with E-state index < -0.39 is 28.8 Å². The first-order valence-corrected chi connectivity index (χ1v) is 10.5. The second kappa shape index (κ2) is 10.2. The van der Waals surface area contributed by atoms with E-state index in [1.165, 1.54) is 24.3 Å². The summed E-state index contributed by atoms with van der Waals surface area (Å²) in [6.07, 6.45) is 0.396. The van der Waals surface area contributed by atoms with Gasteiger partial charge in [-0.05, 0) is 60.4 Å². The Labute approximate surface area is 198 Å². The number of allylic oxidation sites excluding steroid dienone is 2. The predicted molar refractivity (Wildman–Crippen MR) is 125 cm³/mol. The van der Waals surface area contributed by atoms with Crippen molar-refractivity contribution >= 4 is 23.2 Å². The van der Waals surface area contributed by atoms with Crippen LogP contribution in [-0.2, 0) is 25.9 Å². The second-order valence-corrected chi connectivity index (χ2v) is 8.58. The van der Waals surface area contributed by atoms with Crippen LogP contribution in [0, 0.1) is 11.6 Å². The third-order valence-electron chi connectivity index (χ3n) is 4.77. The zero-order chi connectivity index (χ0) is 24.3. The van der Waals surface area contributed by atoms with Gasteiger partial charge in [0.25, 0.3) is 5.56 Å². The van der Waals surface area contributed by atoms with Gasteiger partial charge in [0, 0.05) is 10.0 Å². The highest BCUT2D eigenvalue weighted by Gasteiger charge is 2.14. The molecular weight excluding hydrogens is 473 g/mol. The standard InChI is InChI=1S/C24H20Cl2F2N2O3/c1-14(3-16-5-18(25)9-20(27)7-16)12-29-22(31)11-23(32)30(24(29)33)13-15(2)4-17-6-19(26)10-21(28)8-17/h5-11,31H,1-4,12-13H2. The molecule has 0 aliphatic heterocycles. The third-order valence-corrected chi connectivity index (χ3v) is 5.21. The SMILES string of the molecule is C=C(Cc1cc(F)cc(Cl)c1)Cn1c(O)cc(=O)n(CC(=C)Cc2cc(F)cc(Cl)c2)c1=O. The van der Waals surface area contributed by atoms with Crippen LogP contribution in [0.4, 0.5) is 8.78 Å². The van der Waals surface area contributed by atoms with E-state index in [1.807, 2.05) is 0 Å². The highest BCUT2D eigenvalue weighted by atomic mass is 35.5. The highest BCUT2D eigenvalue weighted by molar-refractivity contribution is 6.30. The fourth-order valence-corrected chi connectivity index (χ4v) is 3.95. The number of hydrogen-bond acceptors (Lipinski definition) is 3. The van der Waals surface area contributed by atoms with Gasteiger partial charge < -0.3 is 5.11 Å². The maximum absolute atomic E-state index is 13.6. The van der Waals surface area contributed by atoms with Gasteiger partial charge in [0.2, 0.25) is 5.88 Å². The lowest BCUT2D eigenvalue weighted by atomic mass is 10.1. The molecule has 0 spiro atoms. The van der Waals surface area contributed by atoms with Crippen LogP contribution in [0.25, 0.3) is 0 Å². The van der Waals surface area contributed by atoms with Crippen molar-refractivity contribution in [1.82, 2.24) is 9.13 Å². The first-order valence-electron chi connectivity index (χ1n) is 9.78. The average Bonchev–Trinajstić information content (AvgIpc) is 2.66. The van der Waals surface area contributed by atoms with Gasteiger partial charge in [-0.1, -0.05) is 47.5 Å². The molecule has 9 heteroatoms. The molecule has 2 aromatic carbocycles. The molecule has 1 heterocycles. The number of aromatic nitrogens is 2. The first kappa shape index (κ1) is 24.5. The fraction of sp³-hybridized carbons (Fsp3) is 0.167. The predicted octanol–water partition coefficient (Wildman–Crippen LogP) is 4.90. The summed E-state index contributed by atoms with van der Waals surface area (Å²) in [4.78, 5) is 25.3. The topological polar surface area (TPSA) is 64.2 Å². The lowest BCUT2D eigenvalue weighted by Gasteiger charge is -2.15. The van der Waals surface area contributed by atoms with Crippen molar-refractivity contribution in [3.05, 3.63) is 120 Å². The number of nitrogens with zero attached hydrogens (tertiary/aromatic N) is 2. The van der Waals surface area contributed by atoms with Gasteiger partial charge >= 0.3 is 5.69 Å². The lowest BCUT2D eigenvalue weighted by molar-refractivity contribution is 0.398. The summed E-state index contributed by atoms with van der Waals surface area (Å²) in [5, 5.41) is 10.6. The van der Waals surface area contributed by atoms with E-state index in [4.69, 9.17) is 23.2 Å². The zero-order valence-corrected chi connectivity index (χ0v) is 19.0. The van der Waals surface area contributed by atoms with Crippen LogP contribution in [-0.4, -0.2) is 14.2 Å². The molecule has 3 aromatic rings. The van der Waals surface area contributed by atoms with Gasteiger partial charge in [-0.25, -0.2) is 13.6 Å². The Balaban J connectivity index is 1.80. The minimum Gasteiger partial charge on any atom is -0.494 e. The minimum atomic E-state index is -0.767. The van der Waals surface area contributed by atoms with Crippen molar-refractivity contribution in [3.63, 3.8) is 0 Å². The summed E-state index contributed by atoms with van der Waals surface area (Å²) in [6, 6.07) is 8.98. The highest BCUT2D eigenvalue weighted by Crippen LogP contribution is 2.19. The molecule has 1 N–H and O–H groups in total. The second-order valence-electron chi connectivity index (χ2n) is 7.70. The molecular formula is C24H20Cl2F2N2O3. The maximum Gasteiger partial charge on any atom is 0.334 e. The summed E-state index contributed by atoms with van der Waals surface area (Å²) < 4.78 is 29.0. The molecule has 0 aliphatic carbocycles. The van der Waals surface area contributed by atoms with Crippen molar-refractivity contribution in [2.45, 2.75) is 25.9 Å². The van der Waals surface area contributed by atoms with Crippen LogP contribution in [0.1, 0.15) is 11.1 Å². The Bertz CT molecular complexity index is 1320. The molecule has 5 nitrogen and oxygen atoms in total. The Morgan fingerprint density at radius 2 is 1.24 bits per heavy atom. The van der Waals surface area contributed by atoms with E-state index in [9.17, 15) is 23.5 Å². The van der Waals surface area contributed by atoms with Crippen LogP contribution in [0.15, 0.2) is 76.4 Å². The molecule has 3 rings (SSSR count). The first-order chi connectivity index (χ1) is 15.5. The van der Waals surface area contributed by atoms with Crippen molar-refractivity contribution in [3.8, 4) is 5.88 Å². The summed E-state index contributed by atoms with van der Waals surface area (Å²) in [5.74, 6) is -1.54. The minimum absolute atomic E-state index is 0.106. The van der Waals surface area contributed by atoms with Crippen molar-refractivity contribution < 1.29 is 13.9 Å². The molecule has 0 aliphatic rings. The molecule has 0 fully saturated rings. The van der Waals surface area contributed by atoms with Gasteiger partial charge in [-0.3, -0.25) is 13.9 Å². The molecule has 0 saturated carbocycles. The van der Waals surface area contributed by atoms with E-state index in [0.717, 1.165) is 15.2 Å². The van der Waals surface area contributed by atoms with Crippen molar-refractivity contribution in [2.75, 3.05) is 0 Å². The number of benzene rings is 2. The van der Waals surface area contributed by atoms with Gasteiger partial charge in [-0.15, -0.1) is 0 Å². The molecule has 0 saturated heterocycles. The van der Waals surface area contributed by atoms with Crippen molar-refractivity contribution in [2.24, 2.45) is 0 Å². The summed E-state index contributed by atoms with van der Waals surface area (Å²) >= 11 is 11.7. The molecule has 1 aromatic heterocycles. The van der Waals surface area contributed by atoms with Crippen LogP contribution < -0.4 is 11.2 Å². The van der Waals surface area contributed by atoms with Gasteiger partial charge in [0.05, 0.1) is 19.2 Å². The lowest BCUT2D eigenvalue weighted by Crippen LogP contribution is -2.40. The number of rotatable bonds is 8. The fourth-order valence-electron chi connectivity index (χ4n) is 3.46. The third kappa shape index (κ3) is 6.43. The molecule has 172 valence electrons. The normalized spacial score (nSPS) is 10.9. The average molecular weight is 493 g/mol. The Morgan fingerprint density at radius 1 is 0.788 bits per heavy atom. The summed E-state index contributed by atoms with van der Waals surface area (Å²) in [7, 11) is 0. The number of aromatic hydroxyl groups is 1. The molecule has 0 atom stereocenters. The molecule has 0 bridgehead atoms. The van der Waals surface area contributed by atoms with Gasteiger partial charge in [0.1, 0.15) is 11.6 Å². The van der Waals surface area contributed by atoms with Crippen LogP contribution >= 0.6 is 23.2 Å². The monoisotopic (exact) mass is 492 g/mol. The van der Waals surface area contributed by atoms with Crippen LogP contribution in [0.5, 0.6) is 5.88 Å². The maximum atomic E-state index is 13.6. The van der Waals surface area contributed by atoms with E-state index >= 15 is 0 Å². The largest absolute Gasteiger partial charge is 0.494 e. The number of hydrogen-bond donors (Lipinski definition) is 1. The number of halogens is 4. The molecule has 0 radical (unpaired) electrons.